The van der Waals surface area contributed by atoms with Crippen LogP contribution in [0.4, 0.5) is 0 Å². The predicted molar refractivity (Wildman–Crippen MR) is 52.5 cm³/mol. The van der Waals surface area contributed by atoms with Crippen LogP contribution in [0.5, 0.6) is 0 Å². The summed E-state index contributed by atoms with van der Waals surface area (Å²) in [6, 6.07) is 0. The van der Waals surface area contributed by atoms with Crippen molar-refractivity contribution < 1.29 is 0 Å². The molecule has 2 heteroatoms. The molecule has 0 atom stereocenters. The zero-order valence-corrected chi connectivity index (χ0v) is 8.70. The van der Waals surface area contributed by atoms with Crippen LogP contribution < -0.4 is 5.73 Å². The molecule has 2 N–H and O–H groups in total. The minimum atomic E-state index is -0.0123. The number of nitrogens with two attached hydrogens (primary N) is 1. The quantitative estimate of drug-likeness (QED) is 0.628. The number of hydrogen-bond acceptors (Lipinski definition) is 1. The molecule has 0 aromatic rings. The number of hydrogen-bond donors (Lipinski definition) is 1. The Morgan fingerprint density at radius 1 is 1.30 bits per heavy atom. The highest BCUT2D eigenvalue weighted by Crippen LogP contribution is 2.26. The molecule has 0 aromatic heterocycles. The van der Waals surface area contributed by atoms with Crippen LogP contribution in [0.1, 0.15) is 26.7 Å². The van der Waals surface area contributed by atoms with Gasteiger partial charge in [-0.2, -0.15) is 0 Å². The summed E-state index contributed by atoms with van der Waals surface area (Å²) in [7, 11) is -0.0123. The summed E-state index contributed by atoms with van der Waals surface area (Å²) >= 11 is 0. The molecule has 0 radical (unpaired) electrons. The first-order valence-corrected chi connectivity index (χ1v) is 6.70. The van der Waals surface area contributed by atoms with E-state index in [2.05, 4.69) is 27.2 Å². The van der Waals surface area contributed by atoms with Crippen LogP contribution in [0, 0.1) is 0 Å². The molecule has 1 nitrogen and oxygen atoms in total. The third-order valence-electron chi connectivity index (χ3n) is 1.50. The molecular weight excluding hydrogens is 141 g/mol. The van der Waals surface area contributed by atoms with Gasteiger partial charge in [0, 0.05) is 18.9 Å². The summed E-state index contributed by atoms with van der Waals surface area (Å²) in [4.78, 5) is 0. The van der Waals surface area contributed by atoms with Gasteiger partial charge in [-0.3, -0.25) is 0 Å². The van der Waals surface area contributed by atoms with E-state index in [0.717, 1.165) is 0 Å². The van der Waals surface area contributed by atoms with Crippen molar-refractivity contribution in [2.24, 2.45) is 5.73 Å². The first-order chi connectivity index (χ1) is 4.42. The molecule has 0 fully saturated rings. The van der Waals surface area contributed by atoms with Gasteiger partial charge in [-0.05, 0) is 34.6 Å². The highest BCUT2D eigenvalue weighted by Gasteiger charge is 2.11. The van der Waals surface area contributed by atoms with E-state index in [9.17, 15) is 0 Å². The van der Waals surface area contributed by atoms with Crippen LogP contribution in [-0.4, -0.2) is 25.0 Å². The molecule has 0 bridgehead atoms. The van der Waals surface area contributed by atoms with Crippen LogP contribution in [0.2, 0.25) is 0 Å². The standard InChI is InChI=1S/C8H20NP/c1-8(2,9)6-5-7-10(3)4/h5-7,9H2,1-4H3/p+1. The number of rotatable bonds is 4. The van der Waals surface area contributed by atoms with Crippen molar-refractivity contribution in [1.82, 2.24) is 0 Å². The molecule has 0 aliphatic carbocycles. The minimum Gasteiger partial charge on any atom is -0.326 e. The Morgan fingerprint density at radius 3 is 2.10 bits per heavy atom. The van der Waals surface area contributed by atoms with E-state index >= 15 is 0 Å². The van der Waals surface area contributed by atoms with Crippen LogP contribution >= 0.6 is 7.92 Å². The fourth-order valence-corrected chi connectivity index (χ4v) is 1.78. The van der Waals surface area contributed by atoms with Gasteiger partial charge in [0.1, 0.15) is 0 Å². The van der Waals surface area contributed by atoms with Crippen LogP contribution in [0.3, 0.4) is 0 Å². The Kier molecular flexibility index (Phi) is 4.47. The van der Waals surface area contributed by atoms with E-state index in [4.69, 9.17) is 5.73 Å². The Labute approximate surface area is 66.1 Å². The average molecular weight is 162 g/mol. The minimum absolute atomic E-state index is 0.0123. The molecule has 0 aliphatic rings. The van der Waals surface area contributed by atoms with E-state index < -0.39 is 0 Å². The Balaban J connectivity index is 3.21. The highest BCUT2D eigenvalue weighted by atomic mass is 31.1. The van der Waals surface area contributed by atoms with Gasteiger partial charge in [0.25, 0.3) is 0 Å². The molecule has 0 unspecified atom stereocenters. The lowest BCUT2D eigenvalue weighted by atomic mass is 10.0. The maximum Gasteiger partial charge on any atom is 0.0567 e. The van der Waals surface area contributed by atoms with Crippen LogP contribution in [-0.2, 0) is 0 Å². The SMILES string of the molecule is C[PH+](C)CCCC(C)(C)N. The molecular formula is C8H21NP+. The Hall–Kier alpha value is 0.390. The lowest BCUT2D eigenvalue weighted by Crippen LogP contribution is -2.31. The summed E-state index contributed by atoms with van der Waals surface area (Å²) in [5.41, 5.74) is 5.89. The zero-order valence-electron chi connectivity index (χ0n) is 7.70. The second-order valence-electron chi connectivity index (χ2n) is 4.05. The summed E-state index contributed by atoms with van der Waals surface area (Å²) < 4.78 is 0. The van der Waals surface area contributed by atoms with Crippen molar-refractivity contribution in [1.29, 1.82) is 0 Å². The van der Waals surface area contributed by atoms with Crippen molar-refractivity contribution >= 4 is 7.92 Å². The maximum atomic E-state index is 5.83. The van der Waals surface area contributed by atoms with Gasteiger partial charge < -0.3 is 5.73 Å². The van der Waals surface area contributed by atoms with Crippen molar-refractivity contribution in [2.45, 2.75) is 32.2 Å². The molecule has 0 rings (SSSR count). The molecule has 0 spiro atoms. The largest absolute Gasteiger partial charge is 0.326 e. The molecule has 0 amide bonds. The maximum absolute atomic E-state index is 5.83. The van der Waals surface area contributed by atoms with E-state index in [0.29, 0.717) is 0 Å². The van der Waals surface area contributed by atoms with Gasteiger partial charge >= 0.3 is 0 Å². The topological polar surface area (TPSA) is 26.0 Å². The monoisotopic (exact) mass is 162 g/mol. The third kappa shape index (κ3) is 8.39. The lowest BCUT2D eigenvalue weighted by molar-refractivity contribution is 0.472. The molecule has 62 valence electrons. The summed E-state index contributed by atoms with van der Waals surface area (Å²) in [5, 5.41) is 0. The van der Waals surface area contributed by atoms with Crippen molar-refractivity contribution in [3.8, 4) is 0 Å². The molecule has 0 saturated carbocycles. The normalized spacial score (nSPS) is 12.6. The van der Waals surface area contributed by atoms with Crippen LogP contribution in [0.15, 0.2) is 0 Å². The molecule has 0 saturated heterocycles. The second kappa shape index (κ2) is 4.31. The zero-order chi connectivity index (χ0) is 8.20. The van der Waals surface area contributed by atoms with Gasteiger partial charge in [-0.1, -0.05) is 0 Å². The van der Waals surface area contributed by atoms with Gasteiger partial charge in [-0.25, -0.2) is 0 Å². The van der Waals surface area contributed by atoms with Crippen LogP contribution in [0.25, 0.3) is 0 Å². The smallest absolute Gasteiger partial charge is 0.0567 e. The molecule has 10 heavy (non-hydrogen) atoms. The summed E-state index contributed by atoms with van der Waals surface area (Å²) in [6.45, 7) is 8.91. The Morgan fingerprint density at radius 2 is 1.80 bits per heavy atom. The average Bonchev–Trinajstić information content (AvgIpc) is 1.59. The van der Waals surface area contributed by atoms with Gasteiger partial charge in [0.2, 0.25) is 0 Å². The van der Waals surface area contributed by atoms with Gasteiger partial charge in [0.05, 0.1) is 6.16 Å². The first kappa shape index (κ1) is 10.4. The van der Waals surface area contributed by atoms with Crippen molar-refractivity contribution in [3.63, 3.8) is 0 Å². The van der Waals surface area contributed by atoms with Crippen molar-refractivity contribution in [3.05, 3.63) is 0 Å². The van der Waals surface area contributed by atoms with Crippen molar-refractivity contribution in [2.75, 3.05) is 19.5 Å². The molecule has 0 aliphatic heterocycles. The predicted octanol–water partition coefficient (Wildman–Crippen LogP) is 1.98. The van der Waals surface area contributed by atoms with E-state index in [1.54, 1.807) is 0 Å². The molecule has 0 heterocycles. The fourth-order valence-electron chi connectivity index (χ4n) is 0.898. The Bertz CT molecular complexity index is 83.7. The second-order valence-corrected chi connectivity index (χ2v) is 6.96. The highest BCUT2D eigenvalue weighted by molar-refractivity contribution is 7.55. The lowest BCUT2D eigenvalue weighted by Gasteiger charge is -2.17. The van der Waals surface area contributed by atoms with E-state index in [1.807, 2.05) is 0 Å². The summed E-state index contributed by atoms with van der Waals surface area (Å²) in [6.07, 6.45) is 3.89. The molecule has 0 aromatic carbocycles. The van der Waals surface area contributed by atoms with E-state index in [1.165, 1.54) is 19.0 Å². The van der Waals surface area contributed by atoms with Gasteiger partial charge in [-0.15, -0.1) is 0 Å². The first-order valence-electron chi connectivity index (χ1n) is 4.00. The summed E-state index contributed by atoms with van der Waals surface area (Å²) in [5.74, 6) is 0. The van der Waals surface area contributed by atoms with Gasteiger partial charge in [0.15, 0.2) is 0 Å². The fraction of sp³-hybridized carbons (Fsp3) is 1.00. The third-order valence-corrected chi connectivity index (χ3v) is 2.85. The van der Waals surface area contributed by atoms with E-state index in [-0.39, 0.29) is 13.5 Å².